The lowest BCUT2D eigenvalue weighted by molar-refractivity contribution is 0.393. The Morgan fingerprint density at radius 3 is 2.60 bits per heavy atom. The molecule has 0 atom stereocenters. The van der Waals surface area contributed by atoms with E-state index in [2.05, 4.69) is 20.3 Å². The van der Waals surface area contributed by atoms with Gasteiger partial charge in [-0.25, -0.2) is 9.67 Å². The van der Waals surface area contributed by atoms with E-state index in [-0.39, 0.29) is 5.56 Å². The van der Waals surface area contributed by atoms with Crippen LogP contribution in [0.2, 0.25) is 0 Å². The molecule has 0 unspecified atom stereocenters. The SMILES string of the molecule is COc1cc(CSc2nc(Cn3nnc4ccccc43)c(I)c(=O)[nH]2)cc(OC)c1. The van der Waals surface area contributed by atoms with Crippen LogP contribution in [0.25, 0.3) is 11.0 Å². The lowest BCUT2D eigenvalue weighted by Crippen LogP contribution is -2.18. The van der Waals surface area contributed by atoms with Crippen molar-refractivity contribution in [1.82, 2.24) is 25.0 Å². The van der Waals surface area contributed by atoms with Crippen molar-refractivity contribution < 1.29 is 9.47 Å². The van der Waals surface area contributed by atoms with Crippen LogP contribution in [0.3, 0.4) is 0 Å². The Kier molecular flexibility index (Phi) is 6.23. The summed E-state index contributed by atoms with van der Waals surface area (Å²) in [7, 11) is 3.23. The number of methoxy groups -OCH3 is 2. The maximum atomic E-state index is 12.5. The largest absolute Gasteiger partial charge is 0.497 e. The third-order valence-electron chi connectivity index (χ3n) is 4.42. The summed E-state index contributed by atoms with van der Waals surface area (Å²) >= 11 is 3.46. The summed E-state index contributed by atoms with van der Waals surface area (Å²) in [5.41, 5.74) is 3.18. The maximum Gasteiger partial charge on any atom is 0.265 e. The highest BCUT2D eigenvalue weighted by atomic mass is 127. The van der Waals surface area contributed by atoms with Crippen LogP contribution >= 0.6 is 34.4 Å². The van der Waals surface area contributed by atoms with Crippen LogP contribution in [0.1, 0.15) is 11.3 Å². The zero-order chi connectivity index (χ0) is 21.1. The first kappa shape index (κ1) is 20.7. The van der Waals surface area contributed by atoms with Gasteiger partial charge in [0.05, 0.1) is 32.0 Å². The fourth-order valence-electron chi connectivity index (χ4n) is 2.93. The highest BCUT2D eigenvalue weighted by molar-refractivity contribution is 14.1. The van der Waals surface area contributed by atoms with Gasteiger partial charge in [0.15, 0.2) is 5.16 Å². The summed E-state index contributed by atoms with van der Waals surface area (Å²) in [5.74, 6) is 2.03. The van der Waals surface area contributed by atoms with Gasteiger partial charge in [0, 0.05) is 11.8 Å². The van der Waals surface area contributed by atoms with E-state index < -0.39 is 0 Å². The van der Waals surface area contributed by atoms with Gasteiger partial charge in [-0.2, -0.15) is 0 Å². The number of benzene rings is 2. The normalized spacial score (nSPS) is 11.0. The van der Waals surface area contributed by atoms with Crippen molar-refractivity contribution in [2.45, 2.75) is 17.5 Å². The average Bonchev–Trinajstić information content (AvgIpc) is 3.18. The van der Waals surface area contributed by atoms with Gasteiger partial charge in [-0.15, -0.1) is 5.10 Å². The van der Waals surface area contributed by atoms with Crippen molar-refractivity contribution in [2.75, 3.05) is 14.2 Å². The smallest absolute Gasteiger partial charge is 0.265 e. The van der Waals surface area contributed by atoms with Crippen LogP contribution in [0, 0.1) is 3.57 Å². The van der Waals surface area contributed by atoms with Crippen LogP contribution in [0.15, 0.2) is 52.4 Å². The Labute approximate surface area is 190 Å². The molecule has 0 aliphatic rings. The van der Waals surface area contributed by atoms with E-state index in [4.69, 9.17) is 9.47 Å². The molecule has 0 bridgehead atoms. The van der Waals surface area contributed by atoms with E-state index in [9.17, 15) is 4.79 Å². The fourth-order valence-corrected chi connectivity index (χ4v) is 4.17. The number of aromatic nitrogens is 5. The topological polar surface area (TPSA) is 94.9 Å². The third-order valence-corrected chi connectivity index (χ3v) is 6.47. The number of thioether (sulfide) groups is 1. The second kappa shape index (κ2) is 9.04. The van der Waals surface area contributed by atoms with Crippen LogP contribution in [0.5, 0.6) is 11.5 Å². The Bertz CT molecular complexity index is 1230. The molecule has 2 heterocycles. The van der Waals surface area contributed by atoms with Gasteiger partial charge in [-0.05, 0) is 52.4 Å². The van der Waals surface area contributed by atoms with Gasteiger partial charge in [0.2, 0.25) is 0 Å². The summed E-state index contributed by atoms with van der Waals surface area (Å²) in [6.45, 7) is 0.364. The number of hydrogen-bond acceptors (Lipinski definition) is 7. The molecule has 10 heteroatoms. The molecule has 0 radical (unpaired) electrons. The molecule has 0 aliphatic heterocycles. The quantitative estimate of drug-likeness (QED) is 0.220. The molecule has 30 heavy (non-hydrogen) atoms. The zero-order valence-electron chi connectivity index (χ0n) is 16.3. The van der Waals surface area contributed by atoms with Crippen molar-refractivity contribution in [3.8, 4) is 11.5 Å². The molecule has 2 aromatic carbocycles. The molecule has 0 amide bonds. The first-order valence-corrected chi connectivity index (χ1v) is 11.1. The van der Waals surface area contributed by atoms with Crippen molar-refractivity contribution in [3.05, 3.63) is 67.6 Å². The Morgan fingerprint density at radius 2 is 1.87 bits per heavy atom. The Balaban J connectivity index is 1.58. The predicted molar refractivity (Wildman–Crippen MR) is 123 cm³/mol. The number of H-pyrrole nitrogens is 1. The highest BCUT2D eigenvalue weighted by Gasteiger charge is 2.13. The monoisotopic (exact) mass is 535 g/mol. The maximum absolute atomic E-state index is 12.5. The van der Waals surface area contributed by atoms with E-state index in [0.717, 1.165) is 16.6 Å². The number of nitrogens with one attached hydrogen (secondary N) is 1. The Hall–Kier alpha value is -2.60. The molecule has 4 aromatic rings. The summed E-state index contributed by atoms with van der Waals surface area (Å²) in [6, 6.07) is 13.4. The molecule has 0 saturated heterocycles. The molecule has 8 nitrogen and oxygen atoms in total. The number of aromatic amines is 1. The van der Waals surface area contributed by atoms with Crippen LogP contribution in [-0.4, -0.2) is 39.2 Å². The van der Waals surface area contributed by atoms with Crippen molar-refractivity contribution in [3.63, 3.8) is 0 Å². The molecule has 154 valence electrons. The molecule has 0 aliphatic carbocycles. The number of fused-ring (bicyclic) bond motifs is 1. The Morgan fingerprint density at radius 1 is 1.13 bits per heavy atom. The number of rotatable bonds is 7. The molecule has 0 spiro atoms. The minimum Gasteiger partial charge on any atom is -0.497 e. The minimum atomic E-state index is -0.171. The number of halogens is 1. The van der Waals surface area contributed by atoms with E-state index in [1.807, 2.05) is 65.1 Å². The van der Waals surface area contributed by atoms with Crippen LogP contribution < -0.4 is 15.0 Å². The molecular formula is C20H18IN5O3S. The summed E-state index contributed by atoms with van der Waals surface area (Å²) in [6.07, 6.45) is 0. The van der Waals surface area contributed by atoms with E-state index >= 15 is 0 Å². The van der Waals surface area contributed by atoms with E-state index in [0.29, 0.717) is 38.2 Å². The summed E-state index contributed by atoms with van der Waals surface area (Å²) in [5, 5.41) is 8.91. The predicted octanol–water partition coefficient (Wildman–Crippen LogP) is 3.48. The van der Waals surface area contributed by atoms with Crippen LogP contribution in [-0.2, 0) is 12.3 Å². The van der Waals surface area contributed by atoms with Crippen LogP contribution in [0.4, 0.5) is 0 Å². The van der Waals surface area contributed by atoms with Gasteiger partial charge in [0.25, 0.3) is 5.56 Å². The van der Waals surface area contributed by atoms with E-state index in [1.165, 1.54) is 11.8 Å². The second-order valence-electron chi connectivity index (χ2n) is 6.38. The number of hydrogen-bond donors (Lipinski definition) is 1. The van der Waals surface area contributed by atoms with Gasteiger partial charge >= 0.3 is 0 Å². The van der Waals surface area contributed by atoms with Crippen molar-refractivity contribution in [1.29, 1.82) is 0 Å². The highest BCUT2D eigenvalue weighted by Crippen LogP contribution is 2.27. The molecular weight excluding hydrogens is 517 g/mol. The number of nitrogens with zero attached hydrogens (tertiary/aromatic N) is 4. The average molecular weight is 535 g/mol. The second-order valence-corrected chi connectivity index (χ2v) is 8.42. The minimum absolute atomic E-state index is 0.171. The molecule has 2 aromatic heterocycles. The van der Waals surface area contributed by atoms with Gasteiger partial charge in [-0.3, -0.25) is 4.79 Å². The van der Waals surface area contributed by atoms with Gasteiger partial charge in [-0.1, -0.05) is 29.1 Å². The lowest BCUT2D eigenvalue weighted by atomic mass is 10.2. The first-order chi connectivity index (χ1) is 14.6. The van der Waals surface area contributed by atoms with Crippen molar-refractivity contribution in [2.24, 2.45) is 0 Å². The van der Waals surface area contributed by atoms with Crippen molar-refractivity contribution >= 4 is 45.4 Å². The lowest BCUT2D eigenvalue weighted by Gasteiger charge is -2.09. The number of para-hydroxylation sites is 1. The summed E-state index contributed by atoms with van der Waals surface area (Å²) < 4.78 is 12.9. The fraction of sp³-hybridized carbons (Fsp3) is 0.200. The first-order valence-electron chi connectivity index (χ1n) is 8.99. The van der Waals surface area contributed by atoms with Gasteiger partial charge in [0.1, 0.15) is 20.6 Å². The van der Waals surface area contributed by atoms with Gasteiger partial charge < -0.3 is 14.5 Å². The number of ether oxygens (including phenoxy) is 2. The molecule has 1 N–H and O–H groups in total. The molecule has 0 fully saturated rings. The third kappa shape index (κ3) is 4.43. The van der Waals surface area contributed by atoms with E-state index in [1.54, 1.807) is 18.9 Å². The molecule has 0 saturated carbocycles. The standard InChI is InChI=1S/C20H18IN5O3S/c1-28-13-7-12(8-14(9-13)29-2)11-30-20-22-16(18(21)19(27)23-20)10-26-17-6-4-3-5-15(17)24-25-26/h3-9H,10-11H2,1-2H3,(H,22,23,27). The molecule has 4 rings (SSSR count). The zero-order valence-corrected chi connectivity index (χ0v) is 19.2. The summed E-state index contributed by atoms with van der Waals surface area (Å²) in [4.78, 5) is 20.0.